The van der Waals surface area contributed by atoms with E-state index in [4.69, 9.17) is 13.7 Å². The van der Waals surface area contributed by atoms with Gasteiger partial charge in [0.15, 0.2) is 6.61 Å². The molecule has 3 heterocycles. The predicted molar refractivity (Wildman–Crippen MR) is 97.7 cm³/mol. The highest BCUT2D eigenvalue weighted by atomic mass is 32.1. The third-order valence-electron chi connectivity index (χ3n) is 3.86. The van der Waals surface area contributed by atoms with E-state index in [1.54, 1.807) is 6.92 Å². The van der Waals surface area contributed by atoms with Crippen molar-refractivity contribution in [1.29, 1.82) is 0 Å². The SMILES string of the molecule is Cc1oc(-c2cccs2)nc1CC(=O)OCc1noc(-c2ccc(F)cc2)n1. The summed E-state index contributed by atoms with van der Waals surface area (Å²) in [6.45, 7) is 1.61. The zero-order chi connectivity index (χ0) is 19.5. The van der Waals surface area contributed by atoms with E-state index >= 15 is 0 Å². The smallest absolute Gasteiger partial charge is 0.312 e. The standard InChI is InChI=1S/C19H14FN3O4S/c1-11-14(21-19(26-11)15-3-2-8-28-15)9-17(24)25-10-16-22-18(27-23-16)12-4-6-13(20)7-5-12/h2-8H,9-10H2,1H3. The minimum absolute atomic E-state index is 0.0244. The number of ether oxygens (including phenoxy) is 1. The van der Waals surface area contributed by atoms with Crippen molar-refractivity contribution in [2.75, 3.05) is 0 Å². The lowest BCUT2D eigenvalue weighted by molar-refractivity contribution is -0.144. The van der Waals surface area contributed by atoms with E-state index in [1.165, 1.54) is 35.6 Å². The van der Waals surface area contributed by atoms with Crippen LogP contribution in [0, 0.1) is 12.7 Å². The van der Waals surface area contributed by atoms with Gasteiger partial charge in [-0.1, -0.05) is 11.2 Å². The number of oxazole rings is 1. The maximum absolute atomic E-state index is 13.0. The number of hydrogen-bond acceptors (Lipinski definition) is 8. The molecule has 0 radical (unpaired) electrons. The van der Waals surface area contributed by atoms with Crippen molar-refractivity contribution in [2.24, 2.45) is 0 Å². The molecular weight excluding hydrogens is 385 g/mol. The summed E-state index contributed by atoms with van der Waals surface area (Å²) in [7, 11) is 0. The molecule has 9 heteroatoms. The first-order valence-corrected chi connectivity index (χ1v) is 9.21. The van der Waals surface area contributed by atoms with Crippen molar-refractivity contribution >= 4 is 17.3 Å². The van der Waals surface area contributed by atoms with E-state index in [-0.39, 0.29) is 30.6 Å². The number of thiophene rings is 1. The van der Waals surface area contributed by atoms with Crippen LogP contribution in [0.1, 0.15) is 17.3 Å². The number of esters is 1. The van der Waals surface area contributed by atoms with Crippen molar-refractivity contribution < 1.29 is 22.9 Å². The number of carbonyl (C=O) groups is 1. The molecule has 0 unspecified atom stereocenters. The average Bonchev–Trinajstić information content (AvgIpc) is 3.42. The zero-order valence-corrected chi connectivity index (χ0v) is 15.5. The molecule has 0 saturated carbocycles. The van der Waals surface area contributed by atoms with Crippen LogP contribution in [0.2, 0.25) is 0 Å². The van der Waals surface area contributed by atoms with Crippen molar-refractivity contribution in [3.05, 3.63) is 64.9 Å². The molecule has 0 amide bonds. The monoisotopic (exact) mass is 399 g/mol. The molecule has 0 aliphatic rings. The molecule has 0 spiro atoms. The maximum Gasteiger partial charge on any atom is 0.312 e. The lowest BCUT2D eigenvalue weighted by Gasteiger charge is -2.00. The topological polar surface area (TPSA) is 91.2 Å². The van der Waals surface area contributed by atoms with Crippen LogP contribution in [0.5, 0.6) is 0 Å². The summed E-state index contributed by atoms with van der Waals surface area (Å²) >= 11 is 1.51. The quantitative estimate of drug-likeness (QED) is 0.449. The van der Waals surface area contributed by atoms with Gasteiger partial charge in [0.25, 0.3) is 5.89 Å². The Labute approximate surface area is 162 Å². The van der Waals surface area contributed by atoms with Crippen LogP contribution < -0.4 is 0 Å². The number of carbonyl (C=O) groups excluding carboxylic acids is 1. The lowest BCUT2D eigenvalue weighted by atomic mass is 10.2. The second-order valence-electron chi connectivity index (χ2n) is 5.86. The Morgan fingerprint density at radius 1 is 1.18 bits per heavy atom. The fraction of sp³-hybridized carbons (Fsp3) is 0.158. The molecule has 0 N–H and O–H groups in total. The van der Waals surface area contributed by atoms with Gasteiger partial charge in [0.2, 0.25) is 11.7 Å². The molecule has 28 heavy (non-hydrogen) atoms. The first-order chi connectivity index (χ1) is 13.6. The molecule has 4 aromatic rings. The maximum atomic E-state index is 13.0. The Hall–Kier alpha value is -3.33. The fourth-order valence-electron chi connectivity index (χ4n) is 2.45. The molecule has 1 aromatic carbocycles. The molecule has 0 aliphatic carbocycles. The van der Waals surface area contributed by atoms with Gasteiger partial charge in [0.05, 0.1) is 17.0 Å². The molecule has 0 atom stereocenters. The van der Waals surface area contributed by atoms with Gasteiger partial charge in [-0.2, -0.15) is 4.98 Å². The van der Waals surface area contributed by atoms with Gasteiger partial charge in [-0.15, -0.1) is 11.3 Å². The molecule has 0 bridgehead atoms. The summed E-state index contributed by atoms with van der Waals surface area (Å²) < 4.78 is 28.9. The molecule has 4 rings (SSSR count). The Morgan fingerprint density at radius 2 is 2.00 bits per heavy atom. The van der Waals surface area contributed by atoms with Gasteiger partial charge in [0.1, 0.15) is 11.6 Å². The largest absolute Gasteiger partial charge is 0.457 e. The highest BCUT2D eigenvalue weighted by Gasteiger charge is 2.17. The van der Waals surface area contributed by atoms with Gasteiger partial charge in [0, 0.05) is 5.56 Å². The molecule has 0 saturated heterocycles. The average molecular weight is 399 g/mol. The molecule has 7 nitrogen and oxygen atoms in total. The van der Waals surface area contributed by atoms with Gasteiger partial charge < -0.3 is 13.7 Å². The number of aryl methyl sites for hydroxylation is 1. The fourth-order valence-corrected chi connectivity index (χ4v) is 3.10. The number of benzene rings is 1. The van der Waals surface area contributed by atoms with E-state index in [0.29, 0.717) is 22.9 Å². The predicted octanol–water partition coefficient (Wildman–Crippen LogP) is 4.19. The van der Waals surface area contributed by atoms with E-state index in [1.807, 2.05) is 17.5 Å². The summed E-state index contributed by atoms with van der Waals surface area (Å²) in [5.41, 5.74) is 1.10. The third kappa shape index (κ3) is 3.99. The van der Waals surface area contributed by atoms with Gasteiger partial charge in [-0.3, -0.25) is 4.79 Å². The Balaban J connectivity index is 1.36. The lowest BCUT2D eigenvalue weighted by Crippen LogP contribution is -2.09. The molecule has 0 fully saturated rings. The number of rotatable bonds is 6. The first kappa shape index (κ1) is 18.1. The minimum Gasteiger partial charge on any atom is -0.457 e. The summed E-state index contributed by atoms with van der Waals surface area (Å²) in [5, 5.41) is 5.68. The number of aromatic nitrogens is 3. The molecule has 3 aromatic heterocycles. The second kappa shape index (κ2) is 7.73. The van der Waals surface area contributed by atoms with Gasteiger partial charge in [-0.25, -0.2) is 9.37 Å². The van der Waals surface area contributed by atoms with Crippen LogP contribution in [-0.4, -0.2) is 21.1 Å². The van der Waals surface area contributed by atoms with Crippen molar-refractivity contribution in [3.8, 4) is 22.2 Å². The van der Waals surface area contributed by atoms with E-state index < -0.39 is 5.97 Å². The van der Waals surface area contributed by atoms with Crippen molar-refractivity contribution in [2.45, 2.75) is 20.0 Å². The van der Waals surface area contributed by atoms with Gasteiger partial charge in [-0.05, 0) is 42.6 Å². The van der Waals surface area contributed by atoms with E-state index in [9.17, 15) is 9.18 Å². The van der Waals surface area contributed by atoms with E-state index in [2.05, 4.69) is 15.1 Å². The molecule has 142 valence electrons. The highest BCUT2D eigenvalue weighted by Crippen LogP contribution is 2.26. The first-order valence-electron chi connectivity index (χ1n) is 8.33. The number of nitrogens with zero attached hydrogens (tertiary/aromatic N) is 3. The van der Waals surface area contributed by atoms with Crippen LogP contribution in [0.15, 0.2) is 50.7 Å². The summed E-state index contributed by atoms with van der Waals surface area (Å²) in [4.78, 5) is 21.5. The van der Waals surface area contributed by atoms with Crippen molar-refractivity contribution in [3.63, 3.8) is 0 Å². The van der Waals surface area contributed by atoms with Gasteiger partial charge >= 0.3 is 5.97 Å². The van der Waals surface area contributed by atoms with E-state index in [0.717, 1.165) is 4.88 Å². The Kier molecular flexibility index (Phi) is 4.98. The molecular formula is C19H14FN3O4S. The normalized spacial score (nSPS) is 10.9. The van der Waals surface area contributed by atoms with Crippen LogP contribution in [0.3, 0.4) is 0 Å². The summed E-state index contributed by atoms with van der Waals surface area (Å²) in [5.74, 6) is 0.642. The second-order valence-corrected chi connectivity index (χ2v) is 6.81. The van der Waals surface area contributed by atoms with Crippen LogP contribution in [0.4, 0.5) is 4.39 Å². The zero-order valence-electron chi connectivity index (χ0n) is 14.7. The van der Waals surface area contributed by atoms with Crippen LogP contribution >= 0.6 is 11.3 Å². The summed E-state index contributed by atoms with van der Waals surface area (Å²) in [6.07, 6.45) is -0.0244. The van der Waals surface area contributed by atoms with Crippen molar-refractivity contribution in [1.82, 2.24) is 15.1 Å². The van der Waals surface area contributed by atoms with Crippen LogP contribution in [0.25, 0.3) is 22.2 Å². The Bertz CT molecular complexity index is 1090. The minimum atomic E-state index is -0.484. The number of hydrogen-bond donors (Lipinski definition) is 0. The highest BCUT2D eigenvalue weighted by molar-refractivity contribution is 7.13. The third-order valence-corrected chi connectivity index (χ3v) is 4.72. The molecule has 0 aliphatic heterocycles. The summed E-state index contributed by atoms with van der Waals surface area (Å²) in [6, 6.07) is 9.44. The number of halogens is 1. The Morgan fingerprint density at radius 3 is 2.75 bits per heavy atom. The van der Waals surface area contributed by atoms with Crippen LogP contribution in [-0.2, 0) is 22.6 Å².